The highest BCUT2D eigenvalue weighted by Gasteiger charge is 2.31. The molecule has 2 N–H and O–H groups in total. The van der Waals surface area contributed by atoms with E-state index in [9.17, 15) is 18.8 Å². The molecule has 0 saturated heterocycles. The first kappa shape index (κ1) is 21.8. The normalized spacial score (nSPS) is 13.3. The molecule has 1 aliphatic rings. The molecule has 0 unspecified atom stereocenters. The predicted octanol–water partition coefficient (Wildman–Crippen LogP) is 1.37. The summed E-state index contributed by atoms with van der Waals surface area (Å²) < 4.78 is 18.5. The van der Waals surface area contributed by atoms with Crippen LogP contribution in [0.25, 0.3) is 16.7 Å². The van der Waals surface area contributed by atoms with Gasteiger partial charge in [0.2, 0.25) is 0 Å². The molecule has 0 amide bonds. The lowest BCUT2D eigenvalue weighted by atomic mass is 9.96. The van der Waals surface area contributed by atoms with Crippen molar-refractivity contribution >= 4 is 41.4 Å². The summed E-state index contributed by atoms with van der Waals surface area (Å²) in [6, 6.07) is 12.9. The second-order valence-electron chi connectivity index (χ2n) is 8.59. The van der Waals surface area contributed by atoms with Gasteiger partial charge in [0.25, 0.3) is 11.1 Å². The molecule has 0 atom stereocenters. The fraction of sp³-hybridized carbons (Fsp3) is 0.208. The molecule has 0 aliphatic heterocycles. The molecule has 2 heterocycles. The SMILES string of the molecule is Bc1ccc(Nc2cc(=O)n(C)c3c2c(=O)n(C2CC2)c(=O)n3-c2cccc(NC)c2)c(F)c1. The summed E-state index contributed by atoms with van der Waals surface area (Å²) in [5.74, 6) is -0.508. The van der Waals surface area contributed by atoms with Gasteiger partial charge in [-0.05, 0) is 43.2 Å². The zero-order valence-electron chi connectivity index (χ0n) is 19.1. The summed E-state index contributed by atoms with van der Waals surface area (Å²) in [5, 5.41) is 6.11. The molecule has 2 aromatic heterocycles. The van der Waals surface area contributed by atoms with Gasteiger partial charge in [0.05, 0.1) is 17.1 Å². The Morgan fingerprint density at radius 2 is 1.79 bits per heavy atom. The number of rotatable bonds is 5. The number of nitrogens with one attached hydrogen (secondary N) is 2. The molecule has 34 heavy (non-hydrogen) atoms. The quantitative estimate of drug-likeness (QED) is 0.440. The van der Waals surface area contributed by atoms with E-state index in [0.29, 0.717) is 5.69 Å². The third-order valence-electron chi connectivity index (χ3n) is 6.15. The fourth-order valence-electron chi connectivity index (χ4n) is 4.22. The van der Waals surface area contributed by atoms with E-state index in [4.69, 9.17) is 0 Å². The van der Waals surface area contributed by atoms with Gasteiger partial charge >= 0.3 is 5.69 Å². The number of benzene rings is 2. The molecule has 0 radical (unpaired) electrons. The molecule has 172 valence electrons. The van der Waals surface area contributed by atoms with E-state index in [1.165, 1.54) is 32.9 Å². The van der Waals surface area contributed by atoms with Gasteiger partial charge in [0, 0.05) is 31.9 Å². The van der Waals surface area contributed by atoms with Gasteiger partial charge in [-0.15, -0.1) is 0 Å². The molecule has 8 nitrogen and oxygen atoms in total. The van der Waals surface area contributed by atoms with Crippen molar-refractivity contribution in [2.45, 2.75) is 18.9 Å². The number of halogens is 1. The predicted molar refractivity (Wildman–Crippen MR) is 135 cm³/mol. The minimum absolute atomic E-state index is 0.132. The van der Waals surface area contributed by atoms with Crippen LogP contribution in [0.3, 0.4) is 0 Å². The second-order valence-corrected chi connectivity index (χ2v) is 8.59. The third-order valence-corrected chi connectivity index (χ3v) is 6.15. The van der Waals surface area contributed by atoms with Gasteiger partial charge in [-0.25, -0.2) is 13.8 Å². The standard InChI is InChI=1S/C24H23BFN5O3/c1-27-14-4-3-5-16(11-14)30-22-21(23(33)31(24(30)34)15-7-8-15)19(12-20(32)29(22)2)28-18-9-6-13(25)10-17(18)26/h3-6,9-12,15,27-28H,7-8,25H2,1-2H3. The average molecular weight is 459 g/mol. The molecule has 0 bridgehead atoms. The Labute approximate surface area is 194 Å². The Kier molecular flexibility index (Phi) is 5.15. The molecule has 1 fully saturated rings. The van der Waals surface area contributed by atoms with Gasteiger partial charge in [0.15, 0.2) is 0 Å². The van der Waals surface area contributed by atoms with Crippen molar-refractivity contribution in [3.05, 3.63) is 85.5 Å². The Morgan fingerprint density at radius 1 is 1.03 bits per heavy atom. The minimum atomic E-state index is -0.512. The maximum Gasteiger partial charge on any atom is 0.337 e. The first-order valence-electron chi connectivity index (χ1n) is 11.0. The van der Waals surface area contributed by atoms with E-state index in [1.54, 1.807) is 45.2 Å². The Hall–Kier alpha value is -4.08. The molecule has 1 saturated carbocycles. The van der Waals surface area contributed by atoms with E-state index in [0.717, 1.165) is 24.0 Å². The molecular weight excluding hydrogens is 436 g/mol. The number of aromatic nitrogens is 3. The van der Waals surface area contributed by atoms with E-state index in [1.807, 2.05) is 6.07 Å². The number of fused-ring (bicyclic) bond motifs is 1. The Morgan fingerprint density at radius 3 is 2.47 bits per heavy atom. The summed E-state index contributed by atoms with van der Waals surface area (Å²) in [7, 11) is 5.05. The lowest BCUT2D eigenvalue weighted by molar-refractivity contribution is 0.632. The minimum Gasteiger partial charge on any atom is -0.388 e. The molecule has 10 heteroatoms. The van der Waals surface area contributed by atoms with Gasteiger partial charge in [-0.2, -0.15) is 0 Å². The zero-order valence-corrected chi connectivity index (χ0v) is 19.1. The summed E-state index contributed by atoms with van der Waals surface area (Å²) in [6.45, 7) is 0. The number of anilines is 3. The monoisotopic (exact) mass is 459 g/mol. The topological polar surface area (TPSA) is 90.1 Å². The molecule has 4 aromatic rings. The number of hydrogen-bond acceptors (Lipinski definition) is 5. The van der Waals surface area contributed by atoms with Crippen molar-refractivity contribution in [3.8, 4) is 5.69 Å². The number of pyridine rings is 1. The zero-order chi connectivity index (χ0) is 24.1. The molecule has 0 spiro atoms. The van der Waals surface area contributed by atoms with Gasteiger partial charge in [0.1, 0.15) is 24.7 Å². The van der Waals surface area contributed by atoms with Crippen molar-refractivity contribution in [2.75, 3.05) is 17.7 Å². The number of aryl methyl sites for hydroxylation is 1. The van der Waals surface area contributed by atoms with Crippen LogP contribution < -0.4 is 32.9 Å². The van der Waals surface area contributed by atoms with Crippen LogP contribution in [0.2, 0.25) is 0 Å². The average Bonchev–Trinajstić information content (AvgIpc) is 3.64. The van der Waals surface area contributed by atoms with Crippen molar-refractivity contribution in [1.29, 1.82) is 0 Å². The molecule has 2 aromatic carbocycles. The highest BCUT2D eigenvalue weighted by molar-refractivity contribution is 6.32. The fourth-order valence-corrected chi connectivity index (χ4v) is 4.22. The maximum absolute atomic E-state index is 14.6. The lowest BCUT2D eigenvalue weighted by Gasteiger charge is -2.19. The number of nitrogens with zero attached hydrogens (tertiary/aromatic N) is 3. The van der Waals surface area contributed by atoms with Crippen LogP contribution in [0, 0.1) is 5.82 Å². The van der Waals surface area contributed by atoms with Gasteiger partial charge in [-0.1, -0.05) is 17.6 Å². The summed E-state index contributed by atoms with van der Waals surface area (Å²) in [5.41, 5.74) is 0.979. The van der Waals surface area contributed by atoms with E-state index in [-0.39, 0.29) is 28.5 Å². The number of hydrogen-bond donors (Lipinski definition) is 2. The third kappa shape index (κ3) is 3.51. The van der Waals surface area contributed by atoms with Crippen LogP contribution in [-0.2, 0) is 7.05 Å². The molecule has 1 aliphatic carbocycles. The molecular formula is C24H23BFN5O3. The van der Waals surface area contributed by atoms with Crippen LogP contribution in [0.5, 0.6) is 0 Å². The van der Waals surface area contributed by atoms with Crippen molar-refractivity contribution in [3.63, 3.8) is 0 Å². The summed E-state index contributed by atoms with van der Waals surface area (Å²) >= 11 is 0. The van der Waals surface area contributed by atoms with E-state index >= 15 is 0 Å². The van der Waals surface area contributed by atoms with E-state index < -0.39 is 22.6 Å². The van der Waals surface area contributed by atoms with Crippen molar-refractivity contribution in [2.24, 2.45) is 7.05 Å². The first-order chi connectivity index (χ1) is 16.3. The lowest BCUT2D eigenvalue weighted by Crippen LogP contribution is -2.41. The highest BCUT2D eigenvalue weighted by Crippen LogP contribution is 2.33. The van der Waals surface area contributed by atoms with Crippen LogP contribution >= 0.6 is 0 Å². The highest BCUT2D eigenvalue weighted by atomic mass is 19.1. The van der Waals surface area contributed by atoms with Gasteiger partial charge < -0.3 is 10.6 Å². The van der Waals surface area contributed by atoms with Crippen LogP contribution in [0.1, 0.15) is 18.9 Å². The Bertz CT molecular complexity index is 1640. The van der Waals surface area contributed by atoms with Crippen molar-refractivity contribution < 1.29 is 4.39 Å². The smallest absolute Gasteiger partial charge is 0.337 e. The first-order valence-corrected chi connectivity index (χ1v) is 11.0. The Balaban J connectivity index is 1.90. The van der Waals surface area contributed by atoms with Crippen LogP contribution in [0.15, 0.2) is 62.9 Å². The van der Waals surface area contributed by atoms with Crippen molar-refractivity contribution in [1.82, 2.24) is 13.7 Å². The summed E-state index contributed by atoms with van der Waals surface area (Å²) in [4.78, 5) is 40.2. The largest absolute Gasteiger partial charge is 0.388 e. The molecule has 5 rings (SSSR count). The van der Waals surface area contributed by atoms with E-state index in [2.05, 4.69) is 10.6 Å². The van der Waals surface area contributed by atoms with Crippen LogP contribution in [-0.4, -0.2) is 28.6 Å². The maximum atomic E-state index is 14.6. The van der Waals surface area contributed by atoms with Crippen LogP contribution in [0.4, 0.5) is 21.5 Å². The second kappa shape index (κ2) is 8.05. The summed E-state index contributed by atoms with van der Waals surface area (Å²) in [6.07, 6.45) is 1.44. The van der Waals surface area contributed by atoms with Gasteiger partial charge in [-0.3, -0.25) is 18.7 Å².